The summed E-state index contributed by atoms with van der Waals surface area (Å²) in [5.74, 6) is -2.62. The molecule has 0 amide bonds. The highest BCUT2D eigenvalue weighted by molar-refractivity contribution is 6.17. The van der Waals surface area contributed by atoms with Crippen LogP contribution < -0.4 is 0 Å². The molecule has 2 atom stereocenters. The van der Waals surface area contributed by atoms with Gasteiger partial charge in [0.05, 0.1) is 11.6 Å². The number of carbonyl (C=O) groups is 2. The molecule has 2 N–H and O–H groups in total. The molecule has 0 spiro atoms. The third kappa shape index (κ3) is 1.72. The number of hydrogen-bond donors (Lipinski definition) is 2. The van der Waals surface area contributed by atoms with Crippen LogP contribution in [-0.2, 0) is 9.59 Å². The van der Waals surface area contributed by atoms with Crippen LogP contribution in [0.1, 0.15) is 13.8 Å². The van der Waals surface area contributed by atoms with Gasteiger partial charge in [0, 0.05) is 11.8 Å². The Morgan fingerprint density at radius 1 is 1.64 bits per heavy atom. The number of carbonyl (C=O) groups excluding carboxylic acids is 1. The summed E-state index contributed by atoms with van der Waals surface area (Å²) in [6, 6.07) is 0. The summed E-state index contributed by atoms with van der Waals surface area (Å²) in [6.45, 7) is 2.90. The van der Waals surface area contributed by atoms with Crippen molar-refractivity contribution in [3.05, 3.63) is 11.8 Å². The van der Waals surface area contributed by atoms with Crippen LogP contribution in [0.3, 0.4) is 0 Å². The van der Waals surface area contributed by atoms with Crippen LogP contribution in [0, 0.1) is 5.92 Å². The van der Waals surface area contributed by atoms with Crippen molar-refractivity contribution in [2.45, 2.75) is 20.0 Å². The molecule has 0 bridgehead atoms. The Labute approximate surface area is 80.8 Å². The number of rotatable bonds is 2. The smallest absolute Gasteiger partial charge is 0.310 e. The van der Waals surface area contributed by atoms with Crippen molar-refractivity contribution >= 4 is 17.5 Å². The summed E-state index contributed by atoms with van der Waals surface area (Å²) in [6.07, 6.45) is -0.0831. The molecule has 76 valence electrons. The van der Waals surface area contributed by atoms with E-state index in [0.29, 0.717) is 0 Å². The second-order valence-corrected chi connectivity index (χ2v) is 3.18. The van der Waals surface area contributed by atoms with E-state index in [1.54, 1.807) is 0 Å². The van der Waals surface area contributed by atoms with Gasteiger partial charge in [0.25, 0.3) is 0 Å². The Bertz CT molecular complexity index is 343. The number of aliphatic hydroxyl groups excluding tert-OH is 1. The second kappa shape index (κ2) is 3.71. The number of nitrogens with zero attached hydrogens (tertiary/aromatic N) is 1. The summed E-state index contributed by atoms with van der Waals surface area (Å²) in [5.41, 5.74) is 0.326. The topological polar surface area (TPSA) is 87.0 Å². The van der Waals surface area contributed by atoms with E-state index in [1.807, 2.05) is 0 Å². The van der Waals surface area contributed by atoms with E-state index in [-0.39, 0.29) is 11.3 Å². The Hall–Kier alpha value is -1.49. The van der Waals surface area contributed by atoms with Crippen molar-refractivity contribution < 1.29 is 19.8 Å². The number of carboxylic acids is 1. The standard InChI is InChI=1S/C9H11NO4/c1-4(9(13)14)6-3-10-5(2)7(11)8(6)12/h3-4,7,11H,1-2H3,(H,13,14). The fourth-order valence-corrected chi connectivity index (χ4v) is 1.11. The van der Waals surface area contributed by atoms with E-state index in [0.717, 1.165) is 0 Å². The van der Waals surface area contributed by atoms with Crippen molar-refractivity contribution in [3.63, 3.8) is 0 Å². The van der Waals surface area contributed by atoms with E-state index >= 15 is 0 Å². The molecular formula is C9H11NO4. The summed E-state index contributed by atoms with van der Waals surface area (Å²) in [5, 5.41) is 18.0. The predicted octanol–water partition coefficient (Wildman–Crippen LogP) is -0.00450. The largest absolute Gasteiger partial charge is 0.481 e. The zero-order valence-corrected chi connectivity index (χ0v) is 7.89. The van der Waals surface area contributed by atoms with Gasteiger partial charge in [-0.05, 0) is 13.8 Å². The first-order valence-electron chi connectivity index (χ1n) is 4.14. The van der Waals surface area contributed by atoms with Crippen LogP contribution in [0.5, 0.6) is 0 Å². The van der Waals surface area contributed by atoms with Crippen molar-refractivity contribution in [2.75, 3.05) is 0 Å². The summed E-state index contributed by atoms with van der Waals surface area (Å²) in [7, 11) is 0. The fraction of sp³-hybridized carbons (Fsp3) is 0.444. The van der Waals surface area contributed by atoms with Gasteiger partial charge in [-0.25, -0.2) is 0 Å². The third-order valence-corrected chi connectivity index (χ3v) is 2.17. The van der Waals surface area contributed by atoms with Gasteiger partial charge in [-0.15, -0.1) is 0 Å². The highest BCUT2D eigenvalue weighted by Gasteiger charge is 2.31. The number of carboxylic acid groups (broad SMARTS) is 1. The molecule has 0 aromatic rings. The molecule has 1 aliphatic rings. The van der Waals surface area contributed by atoms with Crippen molar-refractivity contribution in [2.24, 2.45) is 10.9 Å². The van der Waals surface area contributed by atoms with E-state index in [2.05, 4.69) is 4.99 Å². The molecule has 14 heavy (non-hydrogen) atoms. The van der Waals surface area contributed by atoms with E-state index < -0.39 is 23.8 Å². The van der Waals surface area contributed by atoms with Crippen LogP contribution >= 0.6 is 0 Å². The lowest BCUT2D eigenvalue weighted by molar-refractivity contribution is -0.141. The molecule has 1 aliphatic heterocycles. The van der Waals surface area contributed by atoms with E-state index in [9.17, 15) is 14.7 Å². The van der Waals surface area contributed by atoms with Crippen LogP contribution in [0.2, 0.25) is 0 Å². The number of ketones is 1. The molecule has 0 aliphatic carbocycles. The number of aliphatic imine (C=N–C) groups is 1. The molecule has 0 fully saturated rings. The lowest BCUT2D eigenvalue weighted by Gasteiger charge is -2.18. The molecule has 2 unspecified atom stereocenters. The molecule has 5 heteroatoms. The monoisotopic (exact) mass is 197 g/mol. The number of aliphatic hydroxyl groups is 1. The number of aliphatic carboxylic acids is 1. The zero-order chi connectivity index (χ0) is 10.9. The van der Waals surface area contributed by atoms with Crippen LogP contribution in [0.15, 0.2) is 16.8 Å². The summed E-state index contributed by atoms with van der Waals surface area (Å²) >= 11 is 0. The molecule has 1 heterocycles. The van der Waals surface area contributed by atoms with Crippen molar-refractivity contribution in [1.82, 2.24) is 0 Å². The maximum absolute atomic E-state index is 11.4. The quantitative estimate of drug-likeness (QED) is 0.652. The van der Waals surface area contributed by atoms with Gasteiger partial charge in [-0.3, -0.25) is 14.6 Å². The normalized spacial score (nSPS) is 23.9. The van der Waals surface area contributed by atoms with Gasteiger partial charge in [0.1, 0.15) is 0 Å². The minimum atomic E-state index is -1.29. The van der Waals surface area contributed by atoms with Crippen molar-refractivity contribution in [3.8, 4) is 0 Å². The Morgan fingerprint density at radius 2 is 2.21 bits per heavy atom. The molecular weight excluding hydrogens is 186 g/mol. The predicted molar refractivity (Wildman–Crippen MR) is 49.0 cm³/mol. The first-order chi connectivity index (χ1) is 6.45. The Morgan fingerprint density at radius 3 is 2.71 bits per heavy atom. The van der Waals surface area contributed by atoms with Crippen LogP contribution in [0.25, 0.3) is 0 Å². The van der Waals surface area contributed by atoms with Gasteiger partial charge in [0.15, 0.2) is 11.9 Å². The fourth-order valence-electron chi connectivity index (χ4n) is 1.11. The first kappa shape index (κ1) is 10.6. The highest BCUT2D eigenvalue weighted by Crippen LogP contribution is 2.18. The third-order valence-electron chi connectivity index (χ3n) is 2.17. The minimum absolute atomic E-state index is 0.0376. The van der Waals surface area contributed by atoms with Crippen LogP contribution in [-0.4, -0.2) is 33.8 Å². The molecule has 0 saturated carbocycles. The lowest BCUT2D eigenvalue weighted by Crippen LogP contribution is -2.35. The SMILES string of the molecule is CC1=NC=C(C(C)C(=O)O)C(=O)C1O. The number of Topliss-reactive ketones (excluding diaryl/α,β-unsaturated/α-hetero) is 1. The molecule has 5 nitrogen and oxygen atoms in total. The van der Waals surface area contributed by atoms with Crippen molar-refractivity contribution in [1.29, 1.82) is 0 Å². The second-order valence-electron chi connectivity index (χ2n) is 3.18. The minimum Gasteiger partial charge on any atom is -0.481 e. The van der Waals surface area contributed by atoms with E-state index in [1.165, 1.54) is 20.0 Å². The van der Waals surface area contributed by atoms with Gasteiger partial charge < -0.3 is 10.2 Å². The zero-order valence-electron chi connectivity index (χ0n) is 7.89. The lowest BCUT2D eigenvalue weighted by atomic mass is 9.92. The summed E-state index contributed by atoms with van der Waals surface area (Å²) in [4.78, 5) is 25.8. The van der Waals surface area contributed by atoms with Gasteiger partial charge >= 0.3 is 5.97 Å². The summed E-state index contributed by atoms with van der Waals surface area (Å²) < 4.78 is 0. The average molecular weight is 197 g/mol. The molecule has 0 saturated heterocycles. The van der Waals surface area contributed by atoms with Gasteiger partial charge in [0.2, 0.25) is 0 Å². The molecule has 1 rings (SSSR count). The first-order valence-corrected chi connectivity index (χ1v) is 4.14. The van der Waals surface area contributed by atoms with Crippen LogP contribution in [0.4, 0.5) is 0 Å². The maximum atomic E-state index is 11.4. The Kier molecular flexibility index (Phi) is 2.81. The number of hydrogen-bond acceptors (Lipinski definition) is 4. The average Bonchev–Trinajstić information content (AvgIpc) is 2.13. The molecule has 0 aromatic carbocycles. The van der Waals surface area contributed by atoms with Gasteiger partial charge in [-0.1, -0.05) is 0 Å². The molecule has 0 radical (unpaired) electrons. The molecule has 0 aromatic heterocycles. The maximum Gasteiger partial charge on any atom is 0.310 e. The van der Waals surface area contributed by atoms with Gasteiger partial charge in [-0.2, -0.15) is 0 Å². The van der Waals surface area contributed by atoms with E-state index in [4.69, 9.17) is 5.11 Å². The Balaban J connectivity index is 3.01. The highest BCUT2D eigenvalue weighted by atomic mass is 16.4.